The highest BCUT2D eigenvalue weighted by molar-refractivity contribution is 14.1. The Balaban J connectivity index is 6.16. The molecule has 0 aromatic rings. The number of aliphatic hydroxyl groups excluding tert-OH is 1. The monoisotopic (exact) mass is 530 g/mol. The van der Waals surface area contributed by atoms with Gasteiger partial charge in [-0.05, 0) is 39.0 Å². The Morgan fingerprint density at radius 1 is 0.692 bits per heavy atom. The van der Waals surface area contributed by atoms with Crippen molar-refractivity contribution in [2.45, 2.75) is 48.6 Å². The van der Waals surface area contributed by atoms with E-state index in [1.807, 2.05) is 0 Å². The molecule has 1 nitrogen and oxygen atoms in total. The summed E-state index contributed by atoms with van der Waals surface area (Å²) >= 11 is 0.884. The van der Waals surface area contributed by atoms with Crippen LogP contribution >= 0.6 is 22.6 Å². The van der Waals surface area contributed by atoms with E-state index in [0.29, 0.717) is 0 Å². The molecule has 0 aliphatic carbocycles. The van der Waals surface area contributed by atoms with Gasteiger partial charge >= 0.3 is 35.8 Å². The topological polar surface area (TPSA) is 20.2 Å². The van der Waals surface area contributed by atoms with Gasteiger partial charge in [0.1, 0.15) is 0 Å². The fourth-order valence-electron chi connectivity index (χ4n) is 1.39. The lowest BCUT2D eigenvalue weighted by atomic mass is 9.93. The van der Waals surface area contributed by atoms with Gasteiger partial charge in [0.25, 0.3) is 0 Å². The third-order valence-corrected chi connectivity index (χ3v) is 3.72. The molecule has 0 atom stereocenters. The Morgan fingerprint density at radius 2 is 1.08 bits per heavy atom. The van der Waals surface area contributed by atoms with Crippen LogP contribution in [-0.4, -0.2) is 47.5 Å². The van der Waals surface area contributed by atoms with Crippen LogP contribution in [0.2, 0.25) is 0 Å². The second-order valence-electron chi connectivity index (χ2n) is 4.84. The molecular weight excluding hydrogens is 522 g/mol. The summed E-state index contributed by atoms with van der Waals surface area (Å²) in [6.45, 7) is -0.658. The van der Waals surface area contributed by atoms with E-state index in [1.54, 1.807) is 0 Å². The zero-order valence-electron chi connectivity index (χ0n) is 11.9. The maximum atomic E-state index is 13.4. The molecule has 0 aliphatic heterocycles. The predicted octanol–water partition coefficient (Wildman–Crippen LogP) is 5.82. The molecular formula is C11H8F13IO. The first-order valence-electron chi connectivity index (χ1n) is 6.14. The van der Waals surface area contributed by atoms with Crippen molar-refractivity contribution in [2.75, 3.05) is 6.61 Å². The number of allylic oxidation sites excluding steroid dienone is 2. The van der Waals surface area contributed by atoms with Crippen LogP contribution in [-0.2, 0) is 0 Å². The van der Waals surface area contributed by atoms with Crippen LogP contribution in [0.4, 0.5) is 57.1 Å². The van der Waals surface area contributed by atoms with Gasteiger partial charge in [-0.25, -0.2) is 0 Å². The molecule has 0 saturated carbocycles. The summed E-state index contributed by atoms with van der Waals surface area (Å²) < 4.78 is 165. The molecule has 0 spiro atoms. The quantitative estimate of drug-likeness (QED) is 0.310. The summed E-state index contributed by atoms with van der Waals surface area (Å²) in [5.74, 6) is -36.9. The lowest BCUT2D eigenvalue weighted by molar-refractivity contribution is -0.436. The van der Waals surface area contributed by atoms with E-state index in [0.717, 1.165) is 22.6 Å². The molecule has 15 heteroatoms. The van der Waals surface area contributed by atoms with Gasteiger partial charge in [-0.1, -0.05) is 0 Å². The lowest BCUT2D eigenvalue weighted by Gasteiger charge is -2.39. The van der Waals surface area contributed by atoms with Gasteiger partial charge in [-0.3, -0.25) is 0 Å². The molecule has 0 unspecified atom stereocenters. The first-order valence-corrected chi connectivity index (χ1v) is 7.22. The smallest absolute Gasteiger partial charge is 0.396 e. The molecule has 0 saturated heterocycles. The molecule has 0 fully saturated rings. The van der Waals surface area contributed by atoms with Crippen LogP contribution < -0.4 is 0 Å². The van der Waals surface area contributed by atoms with Gasteiger partial charge in [0.05, 0.1) is 0 Å². The fourth-order valence-corrected chi connectivity index (χ4v) is 2.16. The highest BCUT2D eigenvalue weighted by Gasteiger charge is 2.90. The molecule has 0 amide bonds. The number of hydrogen-bond donors (Lipinski definition) is 1. The molecule has 0 aromatic carbocycles. The number of hydrogen-bond acceptors (Lipinski definition) is 1. The van der Waals surface area contributed by atoms with E-state index in [1.165, 1.54) is 0 Å². The summed E-state index contributed by atoms with van der Waals surface area (Å²) in [7, 11) is 0. The Bertz CT molecular complexity index is 523. The van der Waals surface area contributed by atoms with Gasteiger partial charge in [-0.2, -0.15) is 57.1 Å². The summed E-state index contributed by atoms with van der Waals surface area (Å²) in [5.41, 5.74) is 0. The van der Waals surface area contributed by atoms with Crippen molar-refractivity contribution in [3.05, 3.63) is 9.66 Å². The number of aliphatic hydroxyl groups is 1. The lowest BCUT2D eigenvalue weighted by Crippen LogP contribution is -2.69. The minimum atomic E-state index is -7.89. The molecule has 0 aromatic heterocycles. The van der Waals surface area contributed by atoms with Gasteiger partial charge in [0.2, 0.25) is 0 Å². The Labute approximate surface area is 150 Å². The largest absolute Gasteiger partial charge is 0.460 e. The molecule has 0 heterocycles. The van der Waals surface area contributed by atoms with Crippen molar-refractivity contribution >= 4 is 22.6 Å². The second-order valence-corrected chi connectivity index (χ2v) is 6.22. The number of alkyl halides is 13. The molecule has 0 bridgehead atoms. The summed E-state index contributed by atoms with van der Waals surface area (Å²) in [4.78, 5) is 0. The summed E-state index contributed by atoms with van der Waals surface area (Å²) in [6, 6.07) is 0. The Hall–Kier alpha value is -0.480. The van der Waals surface area contributed by atoms with E-state index in [2.05, 4.69) is 0 Å². The SMILES string of the molecule is OCCC/C(I)=C\C(F)(F)C(F)(F)C(F)(F)C(F)(F)C(F)(F)C(F)(F)F. The third kappa shape index (κ3) is 4.16. The average Bonchev–Trinajstić information content (AvgIpc) is 2.42. The normalized spacial score (nSPS) is 16.2. The zero-order chi connectivity index (χ0) is 21.4. The molecule has 156 valence electrons. The van der Waals surface area contributed by atoms with Crippen molar-refractivity contribution in [1.29, 1.82) is 0 Å². The summed E-state index contributed by atoms with van der Waals surface area (Å²) in [5, 5.41) is 8.40. The van der Waals surface area contributed by atoms with Crippen LogP contribution in [0.3, 0.4) is 0 Å². The van der Waals surface area contributed by atoms with E-state index < -0.39 is 58.5 Å². The van der Waals surface area contributed by atoms with Crippen molar-refractivity contribution in [2.24, 2.45) is 0 Å². The van der Waals surface area contributed by atoms with Crippen LogP contribution in [0.15, 0.2) is 9.66 Å². The molecule has 1 N–H and O–H groups in total. The van der Waals surface area contributed by atoms with E-state index in [4.69, 9.17) is 5.11 Å². The predicted molar refractivity (Wildman–Crippen MR) is 69.2 cm³/mol. The van der Waals surface area contributed by atoms with Crippen molar-refractivity contribution in [3.8, 4) is 0 Å². The van der Waals surface area contributed by atoms with Crippen molar-refractivity contribution in [1.82, 2.24) is 0 Å². The maximum absolute atomic E-state index is 13.4. The van der Waals surface area contributed by atoms with Crippen LogP contribution in [0.1, 0.15) is 12.8 Å². The standard InChI is InChI=1S/C11H8F13IO/c12-6(13,4-5(25)2-1-3-26)7(14,15)8(16,17)9(18,19)10(20,21)11(22,23)24/h4,26H,1-3H2/b5-4+. The molecule has 26 heavy (non-hydrogen) atoms. The van der Waals surface area contributed by atoms with Crippen LogP contribution in [0, 0.1) is 0 Å². The van der Waals surface area contributed by atoms with Gasteiger partial charge in [-0.15, -0.1) is 0 Å². The highest BCUT2D eigenvalue weighted by Crippen LogP contribution is 2.60. The highest BCUT2D eigenvalue weighted by atomic mass is 127. The number of rotatable bonds is 8. The minimum Gasteiger partial charge on any atom is -0.396 e. The first kappa shape index (κ1) is 25.5. The fraction of sp³-hybridized carbons (Fsp3) is 0.818. The number of halogens is 14. The molecule has 0 rings (SSSR count). The van der Waals surface area contributed by atoms with Gasteiger partial charge < -0.3 is 5.11 Å². The van der Waals surface area contributed by atoms with Crippen LogP contribution in [0.25, 0.3) is 0 Å². The second kappa shape index (κ2) is 7.50. The molecule has 0 aliphatic rings. The van der Waals surface area contributed by atoms with Crippen molar-refractivity contribution < 1.29 is 62.2 Å². The first-order chi connectivity index (χ1) is 11.2. The van der Waals surface area contributed by atoms with Gasteiger partial charge in [0, 0.05) is 12.7 Å². The summed E-state index contributed by atoms with van der Waals surface area (Å²) in [6.07, 6.45) is -9.34. The van der Waals surface area contributed by atoms with Gasteiger partial charge in [0.15, 0.2) is 0 Å². The van der Waals surface area contributed by atoms with E-state index >= 15 is 0 Å². The zero-order valence-corrected chi connectivity index (χ0v) is 14.1. The van der Waals surface area contributed by atoms with Crippen LogP contribution in [0.5, 0.6) is 0 Å². The Morgan fingerprint density at radius 3 is 1.42 bits per heavy atom. The maximum Gasteiger partial charge on any atom is 0.460 e. The third-order valence-electron chi connectivity index (χ3n) is 2.87. The average molecular weight is 530 g/mol. The van der Waals surface area contributed by atoms with E-state index in [9.17, 15) is 57.1 Å². The van der Waals surface area contributed by atoms with E-state index in [-0.39, 0.29) is 6.42 Å². The van der Waals surface area contributed by atoms with Crippen molar-refractivity contribution in [3.63, 3.8) is 0 Å². The molecule has 0 radical (unpaired) electrons. The minimum absolute atomic E-state index is 0.338. The Kier molecular flexibility index (Phi) is 7.36.